The average molecular weight is 361 g/mol. The van der Waals surface area contributed by atoms with Crippen LogP contribution in [0.15, 0.2) is 41.0 Å². The molecule has 21 heavy (non-hydrogen) atoms. The van der Waals surface area contributed by atoms with Crippen LogP contribution in [0, 0.1) is 0 Å². The molecule has 0 unspecified atom stereocenters. The first-order chi connectivity index (χ1) is 9.90. The molecule has 0 amide bonds. The quantitative estimate of drug-likeness (QED) is 0.766. The van der Waals surface area contributed by atoms with Gasteiger partial charge in [0.1, 0.15) is 0 Å². The molecule has 0 saturated heterocycles. The third-order valence-electron chi connectivity index (χ3n) is 3.09. The fraction of sp³-hybridized carbons (Fsp3) is 0.333. The smallest absolute Gasteiger partial charge is 0.379 e. The van der Waals surface area contributed by atoms with Crippen LogP contribution in [0.25, 0.3) is 0 Å². The molecule has 0 radical (unpaired) electrons. The van der Waals surface area contributed by atoms with Crippen molar-refractivity contribution in [1.29, 1.82) is 0 Å². The molecule has 0 bridgehead atoms. The first kappa shape index (κ1) is 15.9. The number of benzene rings is 1. The van der Waals surface area contributed by atoms with Crippen molar-refractivity contribution in [2.24, 2.45) is 0 Å². The number of nitrogens with zero attached hydrogens (tertiary/aromatic N) is 1. The minimum atomic E-state index is -4.34. The summed E-state index contributed by atoms with van der Waals surface area (Å²) in [5.74, 6) is 0. The molecule has 0 aliphatic heterocycles. The van der Waals surface area contributed by atoms with Crippen molar-refractivity contribution < 1.29 is 13.2 Å². The third kappa shape index (κ3) is 4.27. The van der Waals surface area contributed by atoms with E-state index >= 15 is 0 Å². The van der Waals surface area contributed by atoms with Crippen LogP contribution in [0.1, 0.15) is 24.6 Å². The molecule has 0 aliphatic rings. The maximum atomic E-state index is 12.8. The van der Waals surface area contributed by atoms with Crippen LogP contribution >= 0.6 is 15.9 Å². The summed E-state index contributed by atoms with van der Waals surface area (Å²) in [5, 5.41) is 3.05. The van der Waals surface area contributed by atoms with E-state index in [-0.39, 0.29) is 0 Å². The largest absolute Gasteiger partial charge is 0.416 e. The maximum absolute atomic E-state index is 12.8. The average Bonchev–Trinajstić information content (AvgIpc) is 2.83. The van der Waals surface area contributed by atoms with Gasteiger partial charge in [0.15, 0.2) is 0 Å². The number of halogens is 4. The second-order valence-corrected chi connectivity index (χ2v) is 5.69. The lowest BCUT2D eigenvalue weighted by atomic mass is 10.2. The van der Waals surface area contributed by atoms with Gasteiger partial charge in [-0.2, -0.15) is 13.2 Å². The topological polar surface area (TPSA) is 17.0 Å². The lowest BCUT2D eigenvalue weighted by Gasteiger charge is -2.13. The molecule has 2 rings (SSSR count). The van der Waals surface area contributed by atoms with Crippen molar-refractivity contribution in [2.45, 2.75) is 32.6 Å². The number of anilines is 1. The maximum Gasteiger partial charge on any atom is 0.416 e. The molecule has 1 heterocycles. The van der Waals surface area contributed by atoms with Gasteiger partial charge in [-0.3, -0.25) is 0 Å². The van der Waals surface area contributed by atoms with Crippen molar-refractivity contribution in [1.82, 2.24) is 4.57 Å². The minimum Gasteiger partial charge on any atom is -0.379 e. The molecule has 0 aliphatic carbocycles. The Morgan fingerprint density at radius 3 is 2.67 bits per heavy atom. The van der Waals surface area contributed by atoms with E-state index < -0.39 is 11.7 Å². The first-order valence-electron chi connectivity index (χ1n) is 6.66. The van der Waals surface area contributed by atoms with Crippen LogP contribution in [0.4, 0.5) is 18.9 Å². The van der Waals surface area contributed by atoms with E-state index in [1.165, 1.54) is 0 Å². The van der Waals surface area contributed by atoms with Crippen molar-refractivity contribution in [3.63, 3.8) is 0 Å². The number of hydrogen-bond acceptors (Lipinski definition) is 1. The molecule has 1 aromatic carbocycles. The van der Waals surface area contributed by atoms with Crippen LogP contribution in [0.3, 0.4) is 0 Å². The van der Waals surface area contributed by atoms with Crippen LogP contribution in [0.2, 0.25) is 0 Å². The molecule has 0 atom stereocenters. The fourth-order valence-electron chi connectivity index (χ4n) is 2.12. The Hall–Kier alpha value is -1.43. The van der Waals surface area contributed by atoms with E-state index in [0.29, 0.717) is 16.7 Å². The van der Waals surface area contributed by atoms with Gasteiger partial charge in [-0.05, 0) is 36.8 Å². The summed E-state index contributed by atoms with van der Waals surface area (Å²) in [6.45, 7) is 3.47. The number of hydrogen-bond donors (Lipinski definition) is 1. The van der Waals surface area contributed by atoms with E-state index in [4.69, 9.17) is 0 Å². The Labute approximate surface area is 130 Å². The Kier molecular flexibility index (Phi) is 4.98. The predicted octanol–water partition coefficient (Wildman–Crippen LogP) is 5.29. The standard InChI is InChI=1S/C15H16BrF3N2/c1-2-5-21-6-3-4-14(21)10-20-13-8-11(15(17,18)19)7-12(16)9-13/h3-4,6-9,20H,2,5,10H2,1H3. The zero-order chi connectivity index (χ0) is 15.5. The molecule has 1 aromatic heterocycles. The number of aryl methyl sites for hydroxylation is 1. The molecular formula is C15H16BrF3N2. The van der Waals surface area contributed by atoms with Crippen LogP contribution < -0.4 is 5.32 Å². The zero-order valence-electron chi connectivity index (χ0n) is 11.5. The Bertz CT molecular complexity index is 605. The summed E-state index contributed by atoms with van der Waals surface area (Å²) in [4.78, 5) is 0. The highest BCUT2D eigenvalue weighted by Crippen LogP contribution is 2.33. The Morgan fingerprint density at radius 2 is 2.00 bits per heavy atom. The van der Waals surface area contributed by atoms with E-state index in [1.807, 2.05) is 18.3 Å². The highest BCUT2D eigenvalue weighted by molar-refractivity contribution is 9.10. The third-order valence-corrected chi connectivity index (χ3v) is 3.54. The van der Waals surface area contributed by atoms with Crippen molar-refractivity contribution in [2.75, 3.05) is 5.32 Å². The summed E-state index contributed by atoms with van der Waals surface area (Å²) in [7, 11) is 0. The Morgan fingerprint density at radius 1 is 1.24 bits per heavy atom. The first-order valence-corrected chi connectivity index (χ1v) is 7.45. The molecule has 1 N–H and O–H groups in total. The van der Waals surface area contributed by atoms with E-state index in [1.54, 1.807) is 6.07 Å². The van der Waals surface area contributed by atoms with Gasteiger partial charge < -0.3 is 9.88 Å². The summed E-state index contributed by atoms with van der Waals surface area (Å²) < 4.78 is 40.8. The van der Waals surface area contributed by atoms with E-state index in [0.717, 1.165) is 30.8 Å². The van der Waals surface area contributed by atoms with Gasteiger partial charge in [-0.25, -0.2) is 0 Å². The molecule has 0 saturated carbocycles. The summed E-state index contributed by atoms with van der Waals surface area (Å²) in [6.07, 6.45) is -1.36. The summed E-state index contributed by atoms with van der Waals surface area (Å²) in [6, 6.07) is 7.74. The number of aromatic nitrogens is 1. The molecule has 114 valence electrons. The normalized spacial score (nSPS) is 11.7. The van der Waals surface area contributed by atoms with Crippen molar-refractivity contribution in [3.05, 3.63) is 52.3 Å². The lowest BCUT2D eigenvalue weighted by molar-refractivity contribution is -0.137. The highest BCUT2D eigenvalue weighted by Gasteiger charge is 2.31. The van der Waals surface area contributed by atoms with Crippen LogP contribution in [-0.2, 0) is 19.3 Å². The molecule has 2 aromatic rings. The number of rotatable bonds is 5. The molecule has 0 fully saturated rings. The summed E-state index contributed by atoms with van der Waals surface area (Å²) in [5.41, 5.74) is 0.828. The van der Waals surface area contributed by atoms with Crippen molar-refractivity contribution >= 4 is 21.6 Å². The molecular weight excluding hydrogens is 345 g/mol. The minimum absolute atomic E-state index is 0.406. The van der Waals surface area contributed by atoms with Gasteiger partial charge in [0.2, 0.25) is 0 Å². The van der Waals surface area contributed by atoms with Gasteiger partial charge in [0.25, 0.3) is 0 Å². The predicted molar refractivity (Wildman–Crippen MR) is 81.2 cm³/mol. The van der Waals surface area contributed by atoms with E-state index in [9.17, 15) is 13.2 Å². The van der Waals surface area contributed by atoms with Gasteiger partial charge in [-0.1, -0.05) is 22.9 Å². The summed E-state index contributed by atoms with van der Waals surface area (Å²) >= 11 is 3.12. The Balaban J connectivity index is 2.13. The van der Waals surface area contributed by atoms with Crippen molar-refractivity contribution in [3.8, 4) is 0 Å². The fourth-order valence-corrected chi connectivity index (χ4v) is 2.61. The van der Waals surface area contributed by atoms with Gasteiger partial charge >= 0.3 is 6.18 Å². The SMILES string of the molecule is CCCn1cccc1CNc1cc(Br)cc(C(F)(F)F)c1. The van der Waals surface area contributed by atoms with Crippen LogP contribution in [0.5, 0.6) is 0 Å². The molecule has 2 nitrogen and oxygen atoms in total. The number of alkyl halides is 3. The van der Waals surface area contributed by atoms with Gasteiger partial charge in [0.05, 0.1) is 12.1 Å². The molecule has 0 spiro atoms. The number of nitrogens with one attached hydrogen (secondary N) is 1. The monoisotopic (exact) mass is 360 g/mol. The van der Waals surface area contributed by atoms with Gasteiger partial charge in [0, 0.05) is 28.6 Å². The van der Waals surface area contributed by atoms with Crippen LogP contribution in [-0.4, -0.2) is 4.57 Å². The van der Waals surface area contributed by atoms with E-state index in [2.05, 4.69) is 32.7 Å². The lowest BCUT2D eigenvalue weighted by Crippen LogP contribution is -2.09. The second kappa shape index (κ2) is 6.56. The second-order valence-electron chi connectivity index (χ2n) is 4.77. The highest BCUT2D eigenvalue weighted by atomic mass is 79.9. The van der Waals surface area contributed by atoms with Gasteiger partial charge in [-0.15, -0.1) is 0 Å². The zero-order valence-corrected chi connectivity index (χ0v) is 13.1. The molecule has 6 heteroatoms.